The Hall–Kier alpha value is -1.11. The summed E-state index contributed by atoms with van der Waals surface area (Å²) in [5.74, 6) is 0.00714. The van der Waals surface area contributed by atoms with Gasteiger partial charge in [0.15, 0.2) is 0 Å². The van der Waals surface area contributed by atoms with Crippen molar-refractivity contribution in [2.45, 2.75) is 49.5 Å². The molecule has 0 atom stereocenters. The van der Waals surface area contributed by atoms with Crippen LogP contribution in [0.5, 0.6) is 0 Å². The van der Waals surface area contributed by atoms with Crippen LogP contribution < -0.4 is 5.32 Å². The molecule has 3 rings (SSSR count). The summed E-state index contributed by atoms with van der Waals surface area (Å²) in [6.07, 6.45) is 5.65. The number of nitrogens with zero attached hydrogens (tertiary/aromatic N) is 1. The number of nitrogens with one attached hydrogen (secondary N) is 1. The zero-order valence-corrected chi connectivity index (χ0v) is 15.2. The fourth-order valence-electron chi connectivity index (χ4n) is 3.50. The van der Waals surface area contributed by atoms with Crippen molar-refractivity contribution in [3.8, 4) is 0 Å². The first-order valence-corrected chi connectivity index (χ1v) is 10.3. The molecule has 1 saturated heterocycles. The molecule has 1 heterocycles. The number of amides is 1. The lowest BCUT2D eigenvalue weighted by Gasteiger charge is -2.31. The van der Waals surface area contributed by atoms with Gasteiger partial charge in [0, 0.05) is 30.1 Å². The van der Waals surface area contributed by atoms with Crippen LogP contribution in [0.2, 0.25) is 5.02 Å². The minimum atomic E-state index is -3.51. The fourth-order valence-corrected chi connectivity index (χ4v) is 5.10. The highest BCUT2D eigenvalue weighted by atomic mass is 35.5. The Morgan fingerprint density at radius 2 is 1.62 bits per heavy atom. The number of benzene rings is 1. The molecule has 7 heteroatoms. The van der Waals surface area contributed by atoms with Gasteiger partial charge in [-0.2, -0.15) is 4.31 Å². The average Bonchev–Trinajstić information content (AvgIpc) is 3.08. The lowest BCUT2D eigenvalue weighted by molar-refractivity contribution is -0.126. The molecule has 24 heavy (non-hydrogen) atoms. The lowest BCUT2D eigenvalue weighted by Crippen LogP contribution is -2.44. The molecular weight excluding hydrogens is 348 g/mol. The van der Waals surface area contributed by atoms with Gasteiger partial charge in [0.2, 0.25) is 15.9 Å². The highest BCUT2D eigenvalue weighted by molar-refractivity contribution is 7.89. The maximum Gasteiger partial charge on any atom is 0.243 e. The molecule has 0 spiro atoms. The third-order valence-corrected chi connectivity index (χ3v) is 7.14. The number of carbonyl (C=O) groups is 1. The second-order valence-corrected chi connectivity index (χ2v) is 9.00. The van der Waals surface area contributed by atoms with Crippen LogP contribution in [0.3, 0.4) is 0 Å². The molecule has 1 aliphatic carbocycles. The van der Waals surface area contributed by atoms with Gasteiger partial charge in [-0.3, -0.25) is 4.79 Å². The van der Waals surface area contributed by atoms with Gasteiger partial charge in [0.25, 0.3) is 0 Å². The van der Waals surface area contributed by atoms with Crippen LogP contribution in [-0.4, -0.2) is 37.8 Å². The van der Waals surface area contributed by atoms with Crippen LogP contribution in [0.15, 0.2) is 29.2 Å². The molecule has 1 aliphatic heterocycles. The topological polar surface area (TPSA) is 66.5 Å². The van der Waals surface area contributed by atoms with Crippen LogP contribution in [0, 0.1) is 5.92 Å². The van der Waals surface area contributed by atoms with E-state index in [-0.39, 0.29) is 16.7 Å². The number of carbonyl (C=O) groups excluding carboxylic acids is 1. The van der Waals surface area contributed by atoms with E-state index in [0.29, 0.717) is 37.0 Å². The average molecular weight is 371 g/mol. The number of hydrogen-bond donors (Lipinski definition) is 1. The third kappa shape index (κ3) is 3.92. The predicted octanol–water partition coefficient (Wildman–Crippen LogP) is 2.80. The second kappa shape index (κ2) is 7.42. The number of rotatable bonds is 4. The van der Waals surface area contributed by atoms with Crippen molar-refractivity contribution in [2.75, 3.05) is 13.1 Å². The van der Waals surface area contributed by atoms with E-state index in [0.717, 1.165) is 12.8 Å². The first-order chi connectivity index (χ1) is 11.5. The summed E-state index contributed by atoms with van der Waals surface area (Å²) in [4.78, 5) is 12.6. The molecule has 1 N–H and O–H groups in total. The monoisotopic (exact) mass is 370 g/mol. The molecule has 1 saturated carbocycles. The normalized spacial score (nSPS) is 21.0. The zero-order chi connectivity index (χ0) is 17.2. The fraction of sp³-hybridized carbons (Fsp3) is 0.588. The van der Waals surface area contributed by atoms with Crippen LogP contribution in [0.1, 0.15) is 38.5 Å². The largest absolute Gasteiger partial charge is 0.353 e. The van der Waals surface area contributed by atoms with Crippen molar-refractivity contribution >= 4 is 27.5 Å². The van der Waals surface area contributed by atoms with E-state index >= 15 is 0 Å². The molecular formula is C17H23ClN2O3S. The summed E-state index contributed by atoms with van der Waals surface area (Å²) in [7, 11) is -3.51. The van der Waals surface area contributed by atoms with Crippen molar-refractivity contribution in [3.05, 3.63) is 29.3 Å². The van der Waals surface area contributed by atoms with Gasteiger partial charge >= 0.3 is 0 Å². The van der Waals surface area contributed by atoms with E-state index in [1.165, 1.54) is 29.3 Å². The van der Waals surface area contributed by atoms with E-state index < -0.39 is 10.0 Å². The molecule has 0 aromatic heterocycles. The number of halogens is 1. The van der Waals surface area contributed by atoms with E-state index in [1.807, 2.05) is 0 Å². The van der Waals surface area contributed by atoms with Gasteiger partial charge in [-0.05, 0) is 49.9 Å². The number of piperidine rings is 1. The van der Waals surface area contributed by atoms with E-state index in [1.54, 1.807) is 12.1 Å². The lowest BCUT2D eigenvalue weighted by atomic mass is 9.97. The molecule has 1 amide bonds. The molecule has 1 aromatic rings. The Kier molecular flexibility index (Phi) is 5.47. The Bertz CT molecular complexity index is 676. The van der Waals surface area contributed by atoms with Gasteiger partial charge in [-0.15, -0.1) is 0 Å². The summed E-state index contributed by atoms with van der Waals surface area (Å²) in [6, 6.07) is 6.52. The molecule has 5 nitrogen and oxygen atoms in total. The maximum absolute atomic E-state index is 12.6. The van der Waals surface area contributed by atoms with Gasteiger partial charge in [0.1, 0.15) is 0 Å². The van der Waals surface area contributed by atoms with Gasteiger partial charge in [0.05, 0.1) is 4.90 Å². The van der Waals surface area contributed by atoms with Crippen molar-refractivity contribution in [3.63, 3.8) is 0 Å². The van der Waals surface area contributed by atoms with Crippen LogP contribution in [0.4, 0.5) is 0 Å². The third-order valence-electron chi connectivity index (χ3n) is 4.98. The molecule has 1 aromatic carbocycles. The summed E-state index contributed by atoms with van der Waals surface area (Å²) < 4.78 is 26.7. The summed E-state index contributed by atoms with van der Waals surface area (Å²) in [5, 5.41) is 3.63. The SMILES string of the molecule is O=C(NC1CCCC1)C1CCN(S(=O)(=O)c2ccc(Cl)cc2)CC1. The molecule has 0 radical (unpaired) electrons. The molecule has 2 aliphatic rings. The standard InChI is InChI=1S/C17H23ClN2O3S/c18-14-5-7-16(8-6-14)24(22,23)20-11-9-13(10-12-20)17(21)19-15-3-1-2-4-15/h5-8,13,15H,1-4,9-12H2,(H,19,21). The van der Waals surface area contributed by atoms with Crippen molar-refractivity contribution in [2.24, 2.45) is 5.92 Å². The van der Waals surface area contributed by atoms with Crippen molar-refractivity contribution < 1.29 is 13.2 Å². The van der Waals surface area contributed by atoms with Gasteiger partial charge in [-0.25, -0.2) is 8.42 Å². The smallest absolute Gasteiger partial charge is 0.243 e. The Morgan fingerprint density at radius 3 is 2.21 bits per heavy atom. The van der Waals surface area contributed by atoms with Crippen molar-refractivity contribution in [1.29, 1.82) is 0 Å². The van der Waals surface area contributed by atoms with E-state index in [2.05, 4.69) is 5.32 Å². The molecule has 2 fully saturated rings. The minimum Gasteiger partial charge on any atom is -0.353 e. The quantitative estimate of drug-likeness (QED) is 0.886. The number of hydrogen-bond acceptors (Lipinski definition) is 3. The summed E-state index contributed by atoms with van der Waals surface area (Å²) in [5.41, 5.74) is 0. The van der Waals surface area contributed by atoms with Crippen LogP contribution >= 0.6 is 11.6 Å². The van der Waals surface area contributed by atoms with Crippen LogP contribution in [0.25, 0.3) is 0 Å². The Labute approximate surface area is 148 Å². The number of sulfonamides is 1. The molecule has 0 bridgehead atoms. The first kappa shape index (κ1) is 17.7. The van der Waals surface area contributed by atoms with Crippen molar-refractivity contribution in [1.82, 2.24) is 9.62 Å². The highest BCUT2D eigenvalue weighted by Gasteiger charge is 2.32. The van der Waals surface area contributed by atoms with E-state index in [4.69, 9.17) is 11.6 Å². The zero-order valence-electron chi connectivity index (χ0n) is 13.6. The van der Waals surface area contributed by atoms with E-state index in [9.17, 15) is 13.2 Å². The first-order valence-electron chi connectivity index (χ1n) is 8.53. The molecule has 0 unspecified atom stereocenters. The minimum absolute atomic E-state index is 0.0812. The highest BCUT2D eigenvalue weighted by Crippen LogP contribution is 2.26. The van der Waals surface area contributed by atoms with Gasteiger partial charge < -0.3 is 5.32 Å². The summed E-state index contributed by atoms with van der Waals surface area (Å²) in [6.45, 7) is 0.765. The Morgan fingerprint density at radius 1 is 1.04 bits per heavy atom. The maximum atomic E-state index is 12.6. The van der Waals surface area contributed by atoms with Gasteiger partial charge in [-0.1, -0.05) is 24.4 Å². The summed E-state index contributed by atoms with van der Waals surface area (Å²) >= 11 is 5.82. The molecule has 132 valence electrons. The van der Waals surface area contributed by atoms with Crippen LogP contribution in [-0.2, 0) is 14.8 Å². The second-order valence-electron chi connectivity index (χ2n) is 6.62. The Balaban J connectivity index is 1.57. The predicted molar refractivity (Wildman–Crippen MR) is 93.3 cm³/mol.